The average Bonchev–Trinajstić information content (AvgIpc) is 2.22. The summed E-state index contributed by atoms with van der Waals surface area (Å²) in [5.74, 6) is -0.192. The summed E-state index contributed by atoms with van der Waals surface area (Å²) in [4.78, 5) is 11.3. The Morgan fingerprint density at radius 3 is 2.33 bits per heavy atom. The minimum atomic E-state index is -0.443. The second kappa shape index (κ2) is 6.45. The van der Waals surface area contributed by atoms with Crippen molar-refractivity contribution in [2.75, 3.05) is 27.3 Å². The van der Waals surface area contributed by atoms with Crippen LogP contribution < -0.4 is 5.32 Å². The standard InChI is InChI=1S/C11H21NO3/c1-6-12-8-11(2,3)7-9(14-4)10(13)15-5/h7,12H,6,8H2,1-5H3/b9-7-. The number of carbonyl (C=O) groups excluding carboxylic acids is 1. The third-order valence-corrected chi connectivity index (χ3v) is 1.96. The molecule has 0 atom stereocenters. The summed E-state index contributed by atoms with van der Waals surface area (Å²) in [5.41, 5.74) is -0.143. The van der Waals surface area contributed by atoms with Crippen molar-refractivity contribution in [3.05, 3.63) is 11.8 Å². The summed E-state index contributed by atoms with van der Waals surface area (Å²) in [6, 6.07) is 0. The molecule has 0 aromatic heterocycles. The fourth-order valence-corrected chi connectivity index (χ4v) is 1.15. The van der Waals surface area contributed by atoms with Crippen molar-refractivity contribution in [1.29, 1.82) is 0 Å². The van der Waals surface area contributed by atoms with Crippen molar-refractivity contribution in [3.63, 3.8) is 0 Å². The lowest BCUT2D eigenvalue weighted by atomic mass is 9.92. The maximum atomic E-state index is 11.3. The normalized spacial score (nSPS) is 12.5. The van der Waals surface area contributed by atoms with Gasteiger partial charge in [-0.2, -0.15) is 0 Å². The van der Waals surface area contributed by atoms with Crippen molar-refractivity contribution in [3.8, 4) is 0 Å². The van der Waals surface area contributed by atoms with Crippen LogP contribution in [0.15, 0.2) is 11.8 Å². The molecule has 0 amide bonds. The SMILES string of the molecule is CCNCC(C)(C)/C=C(\OC)C(=O)OC. The van der Waals surface area contributed by atoms with Gasteiger partial charge in [-0.25, -0.2) is 4.79 Å². The summed E-state index contributed by atoms with van der Waals surface area (Å²) in [7, 11) is 2.80. The van der Waals surface area contributed by atoms with Gasteiger partial charge in [-0.15, -0.1) is 0 Å². The highest BCUT2D eigenvalue weighted by molar-refractivity contribution is 5.86. The Balaban J connectivity index is 4.58. The zero-order valence-corrected chi connectivity index (χ0v) is 10.2. The molecule has 0 aliphatic carbocycles. The van der Waals surface area contributed by atoms with Crippen LogP contribution in [-0.4, -0.2) is 33.3 Å². The van der Waals surface area contributed by atoms with E-state index in [4.69, 9.17) is 4.74 Å². The number of hydrogen-bond acceptors (Lipinski definition) is 4. The molecule has 0 saturated heterocycles. The molecule has 4 heteroatoms. The van der Waals surface area contributed by atoms with Gasteiger partial charge in [0.1, 0.15) is 0 Å². The number of rotatable bonds is 6. The molecule has 0 aromatic rings. The molecule has 1 N–H and O–H groups in total. The first-order chi connectivity index (χ1) is 6.96. The van der Waals surface area contributed by atoms with E-state index >= 15 is 0 Å². The molecule has 0 aliphatic rings. The Morgan fingerprint density at radius 2 is 1.93 bits per heavy atom. The van der Waals surface area contributed by atoms with Crippen molar-refractivity contribution in [2.24, 2.45) is 5.41 Å². The van der Waals surface area contributed by atoms with E-state index in [1.54, 1.807) is 6.08 Å². The quantitative estimate of drug-likeness (QED) is 0.412. The van der Waals surface area contributed by atoms with Gasteiger partial charge < -0.3 is 14.8 Å². The summed E-state index contributed by atoms with van der Waals surface area (Å²) >= 11 is 0. The first-order valence-corrected chi connectivity index (χ1v) is 5.02. The van der Waals surface area contributed by atoms with Crippen LogP contribution in [-0.2, 0) is 14.3 Å². The highest BCUT2D eigenvalue weighted by Crippen LogP contribution is 2.19. The second-order valence-corrected chi connectivity index (χ2v) is 3.97. The molecule has 0 bridgehead atoms. The fraction of sp³-hybridized carbons (Fsp3) is 0.727. The number of esters is 1. The Bertz CT molecular complexity index is 234. The van der Waals surface area contributed by atoms with Crippen LogP contribution in [0.25, 0.3) is 0 Å². The molecular formula is C11H21NO3. The molecule has 0 rings (SSSR count). The minimum absolute atomic E-state index is 0.143. The molecule has 0 aliphatic heterocycles. The molecule has 0 radical (unpaired) electrons. The number of ether oxygens (including phenoxy) is 2. The Hall–Kier alpha value is -1.03. The van der Waals surface area contributed by atoms with Crippen molar-refractivity contribution >= 4 is 5.97 Å². The first kappa shape index (κ1) is 14.0. The number of methoxy groups -OCH3 is 2. The van der Waals surface area contributed by atoms with Crippen LogP contribution in [0, 0.1) is 5.41 Å². The molecule has 0 spiro atoms. The Labute approximate surface area is 91.6 Å². The van der Waals surface area contributed by atoms with Crippen LogP contribution in [0.5, 0.6) is 0 Å². The molecular weight excluding hydrogens is 194 g/mol. The van der Waals surface area contributed by atoms with E-state index in [-0.39, 0.29) is 11.2 Å². The summed E-state index contributed by atoms with van der Waals surface area (Å²) in [5, 5.41) is 3.22. The predicted molar refractivity (Wildman–Crippen MR) is 59.4 cm³/mol. The monoisotopic (exact) mass is 215 g/mol. The third-order valence-electron chi connectivity index (χ3n) is 1.96. The van der Waals surface area contributed by atoms with Crippen molar-refractivity contribution in [2.45, 2.75) is 20.8 Å². The van der Waals surface area contributed by atoms with Crippen molar-refractivity contribution in [1.82, 2.24) is 5.32 Å². The molecule has 0 fully saturated rings. The summed E-state index contributed by atoms with van der Waals surface area (Å²) in [6.07, 6.45) is 1.78. The lowest BCUT2D eigenvalue weighted by molar-refractivity contribution is -0.139. The molecule has 0 heterocycles. The van der Waals surface area contributed by atoms with Gasteiger partial charge in [0.05, 0.1) is 14.2 Å². The number of carbonyl (C=O) groups is 1. The van der Waals surface area contributed by atoms with E-state index in [1.807, 2.05) is 20.8 Å². The topological polar surface area (TPSA) is 47.6 Å². The predicted octanol–water partition coefficient (Wildman–Crippen LogP) is 1.33. The van der Waals surface area contributed by atoms with Crippen LogP contribution in [0.3, 0.4) is 0 Å². The molecule has 0 unspecified atom stereocenters. The summed E-state index contributed by atoms with van der Waals surface area (Å²) < 4.78 is 9.58. The smallest absolute Gasteiger partial charge is 0.372 e. The van der Waals surface area contributed by atoms with E-state index in [9.17, 15) is 4.79 Å². The van der Waals surface area contributed by atoms with Gasteiger partial charge in [-0.05, 0) is 18.0 Å². The highest BCUT2D eigenvalue weighted by Gasteiger charge is 2.19. The van der Waals surface area contributed by atoms with Gasteiger partial charge in [-0.3, -0.25) is 0 Å². The maximum absolute atomic E-state index is 11.3. The Kier molecular flexibility index (Phi) is 6.01. The number of nitrogens with one attached hydrogen (secondary N) is 1. The number of hydrogen-bond donors (Lipinski definition) is 1. The second-order valence-electron chi connectivity index (χ2n) is 3.97. The highest BCUT2D eigenvalue weighted by atomic mass is 16.6. The van der Waals surface area contributed by atoms with Gasteiger partial charge in [0.15, 0.2) is 0 Å². The zero-order valence-electron chi connectivity index (χ0n) is 10.2. The minimum Gasteiger partial charge on any atom is -0.490 e. The van der Waals surface area contributed by atoms with Gasteiger partial charge in [0.25, 0.3) is 0 Å². The van der Waals surface area contributed by atoms with E-state index in [2.05, 4.69) is 10.1 Å². The van der Waals surface area contributed by atoms with E-state index < -0.39 is 5.97 Å². The average molecular weight is 215 g/mol. The van der Waals surface area contributed by atoms with Crippen molar-refractivity contribution < 1.29 is 14.3 Å². The van der Waals surface area contributed by atoms with Gasteiger partial charge in [-0.1, -0.05) is 20.8 Å². The fourth-order valence-electron chi connectivity index (χ4n) is 1.15. The van der Waals surface area contributed by atoms with Crippen LogP contribution >= 0.6 is 0 Å². The maximum Gasteiger partial charge on any atom is 0.372 e. The lowest BCUT2D eigenvalue weighted by Crippen LogP contribution is -2.28. The lowest BCUT2D eigenvalue weighted by Gasteiger charge is -2.21. The van der Waals surface area contributed by atoms with E-state index in [1.165, 1.54) is 14.2 Å². The van der Waals surface area contributed by atoms with E-state index in [0.29, 0.717) is 0 Å². The summed E-state index contributed by atoms with van der Waals surface area (Å²) in [6.45, 7) is 7.78. The largest absolute Gasteiger partial charge is 0.490 e. The Morgan fingerprint density at radius 1 is 1.33 bits per heavy atom. The molecule has 88 valence electrons. The molecule has 4 nitrogen and oxygen atoms in total. The molecule has 15 heavy (non-hydrogen) atoms. The molecule has 0 saturated carbocycles. The van der Waals surface area contributed by atoms with Crippen LogP contribution in [0.4, 0.5) is 0 Å². The van der Waals surface area contributed by atoms with E-state index in [0.717, 1.165) is 13.1 Å². The van der Waals surface area contributed by atoms with Crippen LogP contribution in [0.2, 0.25) is 0 Å². The first-order valence-electron chi connectivity index (χ1n) is 5.02. The third kappa shape index (κ3) is 5.42. The van der Waals surface area contributed by atoms with Gasteiger partial charge in [0.2, 0.25) is 5.76 Å². The molecule has 0 aromatic carbocycles. The van der Waals surface area contributed by atoms with Gasteiger partial charge in [0, 0.05) is 6.54 Å². The zero-order chi connectivity index (χ0) is 11.9. The van der Waals surface area contributed by atoms with Gasteiger partial charge >= 0.3 is 5.97 Å². The van der Waals surface area contributed by atoms with Crippen LogP contribution in [0.1, 0.15) is 20.8 Å².